The van der Waals surface area contributed by atoms with Crippen LogP contribution in [0.15, 0.2) is 109 Å². The van der Waals surface area contributed by atoms with Crippen molar-refractivity contribution in [1.29, 1.82) is 0 Å². The maximum absolute atomic E-state index is 12.9. The van der Waals surface area contributed by atoms with Crippen LogP contribution in [0.3, 0.4) is 0 Å². The van der Waals surface area contributed by atoms with E-state index in [1.54, 1.807) is 0 Å². The van der Waals surface area contributed by atoms with Crippen molar-refractivity contribution in [3.63, 3.8) is 0 Å². The summed E-state index contributed by atoms with van der Waals surface area (Å²) in [6.45, 7) is 6.52. The second-order valence-electron chi connectivity index (χ2n) is 22.0. The number of esters is 3. The first-order chi connectivity index (χ1) is 39.0. The first-order valence-corrected chi connectivity index (χ1v) is 33.4. The smallest absolute Gasteiger partial charge is 0.306 e. The van der Waals surface area contributed by atoms with Crippen molar-refractivity contribution >= 4 is 17.9 Å². The Balaban J connectivity index is 4.30. The van der Waals surface area contributed by atoms with E-state index in [-0.39, 0.29) is 31.1 Å². The van der Waals surface area contributed by atoms with Crippen molar-refractivity contribution in [2.45, 2.75) is 322 Å². The van der Waals surface area contributed by atoms with Gasteiger partial charge in [-0.3, -0.25) is 14.4 Å². The molecule has 1 unspecified atom stereocenters. The normalized spacial score (nSPS) is 12.8. The summed E-state index contributed by atoms with van der Waals surface area (Å²) in [6.07, 6.45) is 91.0. The summed E-state index contributed by atoms with van der Waals surface area (Å²) in [5.74, 6) is -0.888. The Bertz CT molecular complexity index is 1590. The number of rotatable bonds is 60. The predicted molar refractivity (Wildman–Crippen MR) is 343 cm³/mol. The highest BCUT2D eigenvalue weighted by Crippen LogP contribution is 2.16. The van der Waals surface area contributed by atoms with Gasteiger partial charge in [-0.2, -0.15) is 0 Å². The van der Waals surface area contributed by atoms with Gasteiger partial charge in [0, 0.05) is 19.3 Å². The largest absolute Gasteiger partial charge is 0.462 e. The number of hydrogen-bond donors (Lipinski definition) is 0. The molecule has 0 N–H and O–H groups in total. The molecule has 0 aliphatic rings. The quantitative estimate of drug-likeness (QED) is 0.0261. The summed E-state index contributed by atoms with van der Waals surface area (Å²) in [5, 5.41) is 0. The minimum atomic E-state index is -0.786. The SMILES string of the molecule is CC/C=C\C/C=C\C/C=C\C/C=C\C/C=C\C/C=C\C/C=C\CCCCCCCCCC(=O)OCC(COC(=O)CCCCCCCCCCCCC)OC(=O)CCCCCCCCCCC/C=C\C/C=C\CCCCCCC. The van der Waals surface area contributed by atoms with Crippen LogP contribution in [-0.2, 0) is 28.6 Å². The molecule has 6 heteroatoms. The fraction of sp³-hybridized carbons (Fsp3) is 0.712. The molecule has 0 rings (SSSR count). The molecule has 0 aromatic heterocycles. The zero-order chi connectivity index (χ0) is 57.1. The molecule has 0 aromatic carbocycles. The first-order valence-electron chi connectivity index (χ1n) is 33.4. The topological polar surface area (TPSA) is 78.9 Å². The lowest BCUT2D eigenvalue weighted by Crippen LogP contribution is -2.30. The zero-order valence-corrected chi connectivity index (χ0v) is 51.9. The van der Waals surface area contributed by atoms with Crippen LogP contribution in [0.2, 0.25) is 0 Å². The third kappa shape index (κ3) is 64.8. The van der Waals surface area contributed by atoms with E-state index in [2.05, 4.69) is 130 Å². The Morgan fingerprint density at radius 2 is 0.494 bits per heavy atom. The highest BCUT2D eigenvalue weighted by atomic mass is 16.6. The van der Waals surface area contributed by atoms with Crippen LogP contribution >= 0.6 is 0 Å². The maximum atomic E-state index is 12.9. The van der Waals surface area contributed by atoms with E-state index in [1.807, 2.05) is 0 Å². The highest BCUT2D eigenvalue weighted by molar-refractivity contribution is 5.71. The summed E-state index contributed by atoms with van der Waals surface area (Å²) in [4.78, 5) is 38.3. The van der Waals surface area contributed by atoms with Gasteiger partial charge in [-0.1, -0.05) is 297 Å². The molecule has 0 saturated carbocycles. The van der Waals surface area contributed by atoms with Crippen LogP contribution < -0.4 is 0 Å². The summed E-state index contributed by atoms with van der Waals surface area (Å²) < 4.78 is 16.9. The maximum Gasteiger partial charge on any atom is 0.306 e. The lowest BCUT2D eigenvalue weighted by molar-refractivity contribution is -0.167. The van der Waals surface area contributed by atoms with Crippen molar-refractivity contribution in [2.75, 3.05) is 13.2 Å². The van der Waals surface area contributed by atoms with Gasteiger partial charge < -0.3 is 14.2 Å². The number of allylic oxidation sites excluding steroid dienone is 18. The Kier molecular flexibility index (Phi) is 63.3. The Labute approximate surface area is 489 Å². The number of unbranched alkanes of at least 4 members (excludes halogenated alkanes) is 31. The Morgan fingerprint density at radius 1 is 0.266 bits per heavy atom. The third-order valence-corrected chi connectivity index (χ3v) is 14.3. The van der Waals surface area contributed by atoms with Crippen molar-refractivity contribution in [3.05, 3.63) is 109 Å². The molecule has 452 valence electrons. The fourth-order valence-electron chi connectivity index (χ4n) is 9.28. The predicted octanol–water partition coefficient (Wildman–Crippen LogP) is 23.0. The van der Waals surface area contributed by atoms with Crippen molar-refractivity contribution < 1.29 is 28.6 Å². The molecule has 0 aromatic rings. The molecule has 0 fully saturated rings. The van der Waals surface area contributed by atoms with Gasteiger partial charge in [-0.25, -0.2) is 0 Å². The number of hydrogen-bond acceptors (Lipinski definition) is 6. The lowest BCUT2D eigenvalue weighted by atomic mass is 10.1. The van der Waals surface area contributed by atoms with Crippen molar-refractivity contribution in [1.82, 2.24) is 0 Å². The number of carbonyl (C=O) groups excluding carboxylic acids is 3. The minimum Gasteiger partial charge on any atom is -0.462 e. The van der Waals surface area contributed by atoms with Gasteiger partial charge in [0.15, 0.2) is 6.10 Å². The van der Waals surface area contributed by atoms with Gasteiger partial charge in [-0.15, -0.1) is 0 Å². The lowest BCUT2D eigenvalue weighted by Gasteiger charge is -2.18. The second-order valence-corrected chi connectivity index (χ2v) is 22.0. The molecular weight excluding hydrogens is 973 g/mol. The summed E-state index contributed by atoms with van der Waals surface area (Å²) in [6, 6.07) is 0. The molecule has 79 heavy (non-hydrogen) atoms. The van der Waals surface area contributed by atoms with E-state index in [9.17, 15) is 14.4 Å². The van der Waals surface area contributed by atoms with E-state index in [0.29, 0.717) is 19.3 Å². The average Bonchev–Trinajstić information content (AvgIpc) is 3.45. The van der Waals surface area contributed by atoms with Gasteiger partial charge in [0.2, 0.25) is 0 Å². The van der Waals surface area contributed by atoms with E-state index in [1.165, 1.54) is 161 Å². The van der Waals surface area contributed by atoms with Gasteiger partial charge in [0.25, 0.3) is 0 Å². The molecule has 0 radical (unpaired) electrons. The second kappa shape index (κ2) is 66.6. The molecule has 0 saturated heterocycles. The minimum absolute atomic E-state index is 0.0813. The molecule has 0 aliphatic heterocycles. The van der Waals surface area contributed by atoms with Crippen LogP contribution in [0.5, 0.6) is 0 Å². The monoisotopic (exact) mass is 1100 g/mol. The molecule has 0 heterocycles. The van der Waals surface area contributed by atoms with E-state index < -0.39 is 6.10 Å². The molecule has 6 nitrogen and oxygen atoms in total. The van der Waals surface area contributed by atoms with Crippen LogP contribution in [0.4, 0.5) is 0 Å². The molecule has 1 atom stereocenters. The summed E-state index contributed by atoms with van der Waals surface area (Å²) in [5.41, 5.74) is 0. The molecule has 0 spiro atoms. The fourth-order valence-corrected chi connectivity index (χ4v) is 9.28. The molecular formula is C73H124O6. The standard InChI is InChI=1S/C73H124O6/c1-4-7-10-13-16-19-22-24-26-28-30-32-33-34-35-36-37-38-39-41-42-44-46-48-51-54-57-60-63-66-72(75)78-69-70(68-77-71(74)65-62-59-56-53-50-21-18-15-12-9-6-3)79-73(76)67-64-61-58-55-52-49-47-45-43-40-31-29-27-25-23-20-17-14-11-8-5-2/h7,10,16,19,23-26,29-32,34-35,37-38,41-42,70H,4-6,8-9,11-15,17-18,20-22,27-28,33,36,39-40,43-69H2,1-3H3/b10-7-,19-16-,25-23-,26-24-,31-29-,32-30-,35-34-,38-37-,42-41-. The summed E-state index contributed by atoms with van der Waals surface area (Å²) in [7, 11) is 0. The first kappa shape index (κ1) is 75.1. The average molecular weight is 1100 g/mol. The third-order valence-electron chi connectivity index (χ3n) is 14.3. The van der Waals surface area contributed by atoms with Gasteiger partial charge in [-0.05, 0) is 109 Å². The molecule has 0 amide bonds. The van der Waals surface area contributed by atoms with Crippen molar-refractivity contribution in [3.8, 4) is 0 Å². The highest BCUT2D eigenvalue weighted by Gasteiger charge is 2.19. The molecule has 0 bridgehead atoms. The van der Waals surface area contributed by atoms with Crippen LogP contribution in [0.1, 0.15) is 316 Å². The van der Waals surface area contributed by atoms with Crippen LogP contribution in [0.25, 0.3) is 0 Å². The Hall–Kier alpha value is -3.93. The van der Waals surface area contributed by atoms with E-state index in [4.69, 9.17) is 14.2 Å². The van der Waals surface area contributed by atoms with Gasteiger partial charge in [0.05, 0.1) is 0 Å². The number of carbonyl (C=O) groups is 3. The van der Waals surface area contributed by atoms with E-state index in [0.717, 1.165) is 116 Å². The summed E-state index contributed by atoms with van der Waals surface area (Å²) >= 11 is 0. The van der Waals surface area contributed by atoms with Crippen LogP contribution in [-0.4, -0.2) is 37.2 Å². The Morgan fingerprint density at radius 3 is 0.772 bits per heavy atom. The van der Waals surface area contributed by atoms with Gasteiger partial charge in [0.1, 0.15) is 13.2 Å². The van der Waals surface area contributed by atoms with Crippen molar-refractivity contribution in [2.24, 2.45) is 0 Å². The van der Waals surface area contributed by atoms with Crippen LogP contribution in [0, 0.1) is 0 Å². The molecule has 0 aliphatic carbocycles. The van der Waals surface area contributed by atoms with Gasteiger partial charge >= 0.3 is 17.9 Å². The number of ether oxygens (including phenoxy) is 3. The van der Waals surface area contributed by atoms with E-state index >= 15 is 0 Å². The zero-order valence-electron chi connectivity index (χ0n) is 51.9.